The van der Waals surface area contributed by atoms with E-state index in [9.17, 15) is 19.5 Å². The molecule has 0 aliphatic carbocycles. The summed E-state index contributed by atoms with van der Waals surface area (Å²) >= 11 is 0. The summed E-state index contributed by atoms with van der Waals surface area (Å²) in [7, 11) is -4.63. The largest absolute Gasteiger partial charge is 1.00 e. The zero-order chi connectivity index (χ0) is 12.5. The average molecular weight is 288 g/mol. The molecule has 1 aromatic carbocycles. The quantitative estimate of drug-likeness (QED) is 0.448. The van der Waals surface area contributed by atoms with Gasteiger partial charge in [-0.15, -0.1) is 0 Å². The summed E-state index contributed by atoms with van der Waals surface area (Å²) in [5.74, 6) is 0.144. The van der Waals surface area contributed by atoms with Crippen molar-refractivity contribution < 1.29 is 78.6 Å². The Kier molecular flexibility index (Phi) is 10.1. The van der Waals surface area contributed by atoms with Crippen molar-refractivity contribution in [3.05, 3.63) is 28.8 Å². The van der Waals surface area contributed by atoms with E-state index in [4.69, 9.17) is 0 Å². The molecule has 1 unspecified atom stereocenters. The van der Waals surface area contributed by atoms with Gasteiger partial charge in [-0.05, 0) is 37.0 Å². The van der Waals surface area contributed by atoms with Crippen molar-refractivity contribution >= 4 is 7.60 Å². The molecule has 4 nitrogen and oxygen atoms in total. The monoisotopic (exact) mass is 288 g/mol. The Balaban J connectivity index is 0. The van der Waals surface area contributed by atoms with Crippen LogP contribution in [0.2, 0.25) is 0 Å². The molecule has 18 heavy (non-hydrogen) atoms. The zero-order valence-corrected chi connectivity index (χ0v) is 16.5. The van der Waals surface area contributed by atoms with Crippen LogP contribution >= 0.6 is 7.60 Å². The first kappa shape index (κ1) is 21.5. The van der Waals surface area contributed by atoms with Crippen LogP contribution in [0.3, 0.4) is 0 Å². The van der Waals surface area contributed by atoms with Crippen LogP contribution in [0.1, 0.15) is 35.7 Å². The van der Waals surface area contributed by atoms with Gasteiger partial charge in [0.05, 0.1) is 0 Å². The Morgan fingerprint density at radius 3 is 1.89 bits per heavy atom. The molecule has 0 amide bonds. The summed E-state index contributed by atoms with van der Waals surface area (Å²) in [5.41, 5.74) is 0.623. The first-order valence-corrected chi connectivity index (χ1v) is 6.70. The van der Waals surface area contributed by atoms with Crippen molar-refractivity contribution in [3.63, 3.8) is 0 Å². The van der Waals surface area contributed by atoms with Gasteiger partial charge in [-0.1, -0.05) is 26.7 Å². The number of rotatable bonds is 3. The summed E-state index contributed by atoms with van der Waals surface area (Å²) in [5, 5.41) is 9.56. The summed E-state index contributed by atoms with van der Waals surface area (Å²) < 4.78 is 11.1. The number of hydrogen-bond acceptors (Lipinski definition) is 4. The van der Waals surface area contributed by atoms with E-state index in [1.165, 1.54) is 0 Å². The molecular weight excluding hydrogens is 273 g/mol. The van der Waals surface area contributed by atoms with Gasteiger partial charge in [0.25, 0.3) is 0 Å². The third-order valence-electron chi connectivity index (χ3n) is 2.67. The maximum atomic E-state index is 11.1. The van der Waals surface area contributed by atoms with E-state index in [-0.39, 0.29) is 71.3 Å². The molecule has 0 aromatic heterocycles. The van der Waals surface area contributed by atoms with Crippen molar-refractivity contribution in [1.82, 2.24) is 0 Å². The van der Waals surface area contributed by atoms with Gasteiger partial charge in [0.2, 0.25) is 0 Å². The summed E-state index contributed by atoms with van der Waals surface area (Å²) in [4.78, 5) is 22.2. The topological polar surface area (TPSA) is 83.4 Å². The predicted octanol–water partition coefficient (Wildman–Crippen LogP) is -4.62. The fourth-order valence-corrected chi connectivity index (χ4v) is 2.79. The van der Waals surface area contributed by atoms with Crippen LogP contribution in [0.5, 0.6) is 5.75 Å². The van der Waals surface area contributed by atoms with E-state index in [1.807, 2.05) is 0 Å². The van der Waals surface area contributed by atoms with Gasteiger partial charge in [0.1, 0.15) is 5.75 Å². The maximum Gasteiger partial charge on any atom is 1.00 e. The maximum absolute atomic E-state index is 11.1. The minimum absolute atomic E-state index is 0. The van der Waals surface area contributed by atoms with E-state index < -0.39 is 13.3 Å². The molecule has 0 spiro atoms. The first-order chi connectivity index (χ1) is 7.27. The van der Waals surface area contributed by atoms with Gasteiger partial charge >= 0.3 is 59.1 Å². The average Bonchev–Trinajstić information content (AvgIpc) is 2.12. The molecule has 0 saturated carbocycles. The smallest absolute Gasteiger partial charge is 0.810 e. The molecule has 7 heteroatoms. The van der Waals surface area contributed by atoms with Crippen LogP contribution in [0, 0.1) is 13.8 Å². The Morgan fingerprint density at radius 2 is 1.61 bits per heavy atom. The molecule has 0 saturated heterocycles. The standard InChI is InChI=1S/C11H17O4P.2Na/c1-4-10(16(13,14)15)9-5-7(2)11(12)8(3)6-9;;/h5-6,10,12H,4H2,1-3H3,(H2,13,14,15);;/q;2*+1/p-2. The van der Waals surface area contributed by atoms with Crippen LogP contribution in [0.15, 0.2) is 12.1 Å². The normalized spacial score (nSPS) is 12.3. The molecule has 0 radical (unpaired) electrons. The van der Waals surface area contributed by atoms with E-state index in [1.54, 1.807) is 32.9 Å². The SMILES string of the molecule is CCC(c1cc(C)c(O)c(C)c1)P(=O)([O-])[O-].[Na+].[Na+]. The number of benzene rings is 1. The molecule has 0 aliphatic heterocycles. The molecule has 1 aromatic rings. The van der Waals surface area contributed by atoms with Gasteiger partial charge < -0.3 is 19.5 Å². The van der Waals surface area contributed by atoms with E-state index >= 15 is 0 Å². The van der Waals surface area contributed by atoms with E-state index in [0.29, 0.717) is 16.7 Å². The van der Waals surface area contributed by atoms with Crippen molar-refractivity contribution in [2.75, 3.05) is 0 Å². The minimum Gasteiger partial charge on any atom is -0.810 e. The van der Waals surface area contributed by atoms with Crippen molar-refractivity contribution in [3.8, 4) is 5.75 Å². The Bertz CT molecular complexity index is 422. The first-order valence-electron chi connectivity index (χ1n) is 5.09. The van der Waals surface area contributed by atoms with E-state index in [0.717, 1.165) is 0 Å². The number of phenols is 1. The van der Waals surface area contributed by atoms with E-state index in [2.05, 4.69) is 0 Å². The Morgan fingerprint density at radius 1 is 1.22 bits per heavy atom. The summed E-state index contributed by atoms with van der Waals surface area (Å²) in [6.45, 7) is 5.02. The molecule has 0 bridgehead atoms. The second kappa shape index (κ2) is 8.46. The fourth-order valence-electron chi connectivity index (χ4n) is 1.82. The summed E-state index contributed by atoms with van der Waals surface area (Å²) in [6.07, 6.45) is 0.244. The van der Waals surface area contributed by atoms with Gasteiger partial charge in [0, 0.05) is 5.66 Å². The molecule has 0 aliphatic rings. The van der Waals surface area contributed by atoms with Crippen LogP contribution in [0.25, 0.3) is 0 Å². The zero-order valence-electron chi connectivity index (χ0n) is 11.6. The van der Waals surface area contributed by atoms with Crippen LogP contribution in [-0.4, -0.2) is 5.11 Å². The van der Waals surface area contributed by atoms with Crippen LogP contribution < -0.4 is 68.9 Å². The van der Waals surface area contributed by atoms with Gasteiger partial charge in [-0.25, -0.2) is 0 Å². The molecule has 1 N–H and O–H groups in total. The Hall–Kier alpha value is 1.17. The Labute approximate surface area is 152 Å². The van der Waals surface area contributed by atoms with Gasteiger partial charge in [-0.3, -0.25) is 0 Å². The van der Waals surface area contributed by atoms with Crippen molar-refractivity contribution in [1.29, 1.82) is 0 Å². The molecule has 90 valence electrons. The predicted molar refractivity (Wildman–Crippen MR) is 58.2 cm³/mol. The second-order valence-corrected chi connectivity index (χ2v) is 5.67. The minimum atomic E-state index is -4.63. The van der Waals surface area contributed by atoms with Crippen molar-refractivity contribution in [2.24, 2.45) is 0 Å². The van der Waals surface area contributed by atoms with Crippen LogP contribution in [0.4, 0.5) is 0 Å². The van der Waals surface area contributed by atoms with Gasteiger partial charge in [0.15, 0.2) is 0 Å². The molecule has 1 atom stereocenters. The number of hydrogen-bond donors (Lipinski definition) is 1. The third-order valence-corrected chi connectivity index (χ3v) is 4.09. The molecule has 0 fully saturated rings. The summed E-state index contributed by atoms with van der Waals surface area (Å²) in [6, 6.07) is 3.11. The fraction of sp³-hybridized carbons (Fsp3) is 0.455. The van der Waals surface area contributed by atoms with Crippen molar-refractivity contribution in [2.45, 2.75) is 32.9 Å². The van der Waals surface area contributed by atoms with Crippen LogP contribution in [-0.2, 0) is 4.57 Å². The molecular formula is C11H15Na2O4P. The molecule has 1 rings (SSSR count). The number of phenolic OH excluding ortho intramolecular Hbond substituents is 1. The number of aryl methyl sites for hydroxylation is 2. The number of aromatic hydroxyl groups is 1. The third kappa shape index (κ3) is 5.28. The second-order valence-electron chi connectivity index (χ2n) is 3.97. The molecule has 0 heterocycles. The van der Waals surface area contributed by atoms with Gasteiger partial charge in [-0.2, -0.15) is 0 Å².